The smallest absolute Gasteiger partial charge is 0.312 e. The number of likely N-dealkylation sites (tertiary alicyclic amines) is 1. The number of hydrogen-bond acceptors (Lipinski definition) is 6. The van der Waals surface area contributed by atoms with Crippen molar-refractivity contribution in [1.82, 2.24) is 10.2 Å². The Bertz CT molecular complexity index is 683. The summed E-state index contributed by atoms with van der Waals surface area (Å²) in [6.07, 6.45) is 4.26. The Kier molecular flexibility index (Phi) is 7.63. The number of ether oxygens (including phenoxy) is 2. The van der Waals surface area contributed by atoms with Gasteiger partial charge in [0.1, 0.15) is 11.6 Å². The van der Waals surface area contributed by atoms with Crippen LogP contribution in [0.4, 0.5) is 0 Å². The minimum atomic E-state index is -1.03. The third-order valence-corrected chi connectivity index (χ3v) is 6.97. The van der Waals surface area contributed by atoms with Gasteiger partial charge in [-0.25, -0.2) is 0 Å². The Morgan fingerprint density at radius 1 is 1.32 bits per heavy atom. The molecule has 0 aliphatic carbocycles. The molecule has 3 aliphatic rings. The minimum absolute atomic E-state index is 0.230. The van der Waals surface area contributed by atoms with Crippen LogP contribution in [0.3, 0.4) is 0 Å². The maximum absolute atomic E-state index is 13.7. The molecule has 3 aliphatic heterocycles. The van der Waals surface area contributed by atoms with Gasteiger partial charge in [0.2, 0.25) is 11.8 Å². The highest BCUT2D eigenvalue weighted by molar-refractivity contribution is 5.98. The first-order chi connectivity index (χ1) is 14.8. The van der Waals surface area contributed by atoms with Gasteiger partial charge in [-0.3, -0.25) is 14.4 Å². The summed E-state index contributed by atoms with van der Waals surface area (Å²) in [6, 6.07) is -1.34. The van der Waals surface area contributed by atoms with Crippen molar-refractivity contribution in [2.24, 2.45) is 17.8 Å². The third-order valence-electron chi connectivity index (χ3n) is 6.97. The van der Waals surface area contributed by atoms with Crippen molar-refractivity contribution in [1.29, 1.82) is 0 Å². The van der Waals surface area contributed by atoms with Crippen molar-refractivity contribution < 1.29 is 29.0 Å². The summed E-state index contributed by atoms with van der Waals surface area (Å²) < 4.78 is 11.6. The summed E-state index contributed by atoms with van der Waals surface area (Å²) in [6.45, 7) is 8.40. The number of fused-ring (bicyclic) bond motifs is 1. The van der Waals surface area contributed by atoms with Gasteiger partial charge in [-0.2, -0.15) is 0 Å². The lowest BCUT2D eigenvalue weighted by molar-refractivity contribution is -0.155. The summed E-state index contributed by atoms with van der Waals surface area (Å²) in [5.74, 6) is -2.15. The zero-order chi connectivity index (χ0) is 22.8. The largest absolute Gasteiger partial charge is 0.466 e. The van der Waals surface area contributed by atoms with Gasteiger partial charge >= 0.3 is 5.97 Å². The van der Waals surface area contributed by atoms with E-state index in [1.54, 1.807) is 6.92 Å². The summed E-state index contributed by atoms with van der Waals surface area (Å²) in [5.41, 5.74) is -1.03. The third kappa shape index (κ3) is 4.21. The number of nitrogens with one attached hydrogen (secondary N) is 1. The molecule has 6 atom stereocenters. The molecular weight excluding hydrogens is 400 g/mol. The van der Waals surface area contributed by atoms with Crippen molar-refractivity contribution in [3.8, 4) is 0 Å². The summed E-state index contributed by atoms with van der Waals surface area (Å²) in [4.78, 5) is 41.4. The summed E-state index contributed by atoms with van der Waals surface area (Å²) >= 11 is 0. The predicted molar refractivity (Wildman–Crippen MR) is 114 cm³/mol. The SMILES string of the molecule is CCCCCNC(=O)C1N([C@@H](CO)CC(C)C)C(=O)[C@@H]2[C@H](C(=O)OCC)[C@@H]3CCC12O3. The zero-order valence-corrected chi connectivity index (χ0v) is 19.3. The van der Waals surface area contributed by atoms with Gasteiger partial charge in [0.05, 0.1) is 37.2 Å². The number of esters is 1. The van der Waals surface area contributed by atoms with Gasteiger partial charge in [0, 0.05) is 6.54 Å². The Morgan fingerprint density at radius 2 is 2.06 bits per heavy atom. The molecule has 8 heteroatoms. The fourth-order valence-corrected chi connectivity index (χ4v) is 5.79. The number of amides is 2. The lowest BCUT2D eigenvalue weighted by Gasteiger charge is -2.37. The predicted octanol–water partition coefficient (Wildman–Crippen LogP) is 1.64. The van der Waals surface area contributed by atoms with E-state index < -0.39 is 41.6 Å². The number of unbranched alkanes of at least 4 members (excludes halogenated alkanes) is 2. The van der Waals surface area contributed by atoms with Crippen LogP contribution in [0.1, 0.15) is 66.2 Å². The molecule has 3 heterocycles. The Hall–Kier alpha value is -1.67. The second-order valence-corrected chi connectivity index (χ2v) is 9.52. The van der Waals surface area contributed by atoms with Gasteiger partial charge in [0.25, 0.3) is 0 Å². The van der Waals surface area contributed by atoms with E-state index >= 15 is 0 Å². The number of rotatable bonds is 11. The van der Waals surface area contributed by atoms with Crippen LogP contribution in [0.25, 0.3) is 0 Å². The number of aliphatic hydroxyl groups is 1. The molecule has 2 unspecified atom stereocenters. The van der Waals surface area contributed by atoms with E-state index in [0.29, 0.717) is 25.8 Å². The molecule has 176 valence electrons. The molecule has 31 heavy (non-hydrogen) atoms. The molecule has 0 aromatic rings. The van der Waals surface area contributed by atoms with E-state index in [1.165, 1.54) is 4.90 Å². The quantitative estimate of drug-likeness (QED) is 0.375. The van der Waals surface area contributed by atoms with Crippen LogP contribution in [0.15, 0.2) is 0 Å². The van der Waals surface area contributed by atoms with Crippen molar-refractivity contribution in [3.05, 3.63) is 0 Å². The van der Waals surface area contributed by atoms with Crippen LogP contribution >= 0.6 is 0 Å². The molecule has 0 radical (unpaired) electrons. The normalized spacial score (nSPS) is 32.5. The van der Waals surface area contributed by atoms with E-state index in [4.69, 9.17) is 9.47 Å². The van der Waals surface area contributed by atoms with Crippen LogP contribution in [-0.4, -0.2) is 71.3 Å². The van der Waals surface area contributed by atoms with Gasteiger partial charge < -0.3 is 24.8 Å². The highest BCUT2D eigenvalue weighted by Gasteiger charge is 2.75. The Labute approximate surface area is 185 Å². The molecule has 2 N–H and O–H groups in total. The number of carbonyl (C=O) groups excluding carboxylic acids is 3. The fraction of sp³-hybridized carbons (Fsp3) is 0.870. The molecular formula is C23H38N2O6. The average Bonchev–Trinajstić information content (AvgIpc) is 3.36. The topological polar surface area (TPSA) is 105 Å². The first kappa shape index (κ1) is 24.0. The van der Waals surface area contributed by atoms with Crippen molar-refractivity contribution in [2.75, 3.05) is 19.8 Å². The highest BCUT2D eigenvalue weighted by Crippen LogP contribution is 2.59. The standard InChI is InChI=1S/C23H38N2O6/c1-5-7-8-11-24-20(27)19-23-10-9-16(31-23)17(22(29)30-6-2)18(23)21(28)25(19)15(13-26)12-14(3)4/h14-19,26H,5-13H2,1-4H3,(H,24,27)/t15-,16+,17-,18+,19?,23?/m1/s1. The summed E-state index contributed by atoms with van der Waals surface area (Å²) in [5, 5.41) is 13.1. The maximum atomic E-state index is 13.7. The van der Waals surface area contributed by atoms with Crippen LogP contribution in [-0.2, 0) is 23.9 Å². The van der Waals surface area contributed by atoms with Gasteiger partial charge in [-0.15, -0.1) is 0 Å². The average molecular weight is 439 g/mol. The van der Waals surface area contributed by atoms with Crippen LogP contribution in [0.5, 0.6) is 0 Å². The molecule has 0 saturated carbocycles. The highest BCUT2D eigenvalue weighted by atomic mass is 16.6. The van der Waals surface area contributed by atoms with Gasteiger partial charge in [0.15, 0.2) is 0 Å². The lowest BCUT2D eigenvalue weighted by atomic mass is 9.71. The minimum Gasteiger partial charge on any atom is -0.466 e. The van der Waals surface area contributed by atoms with E-state index in [2.05, 4.69) is 12.2 Å². The van der Waals surface area contributed by atoms with E-state index in [-0.39, 0.29) is 30.9 Å². The fourth-order valence-electron chi connectivity index (χ4n) is 5.79. The first-order valence-corrected chi connectivity index (χ1v) is 11.9. The molecule has 1 spiro atoms. The number of nitrogens with zero attached hydrogens (tertiary/aromatic N) is 1. The molecule has 2 bridgehead atoms. The summed E-state index contributed by atoms with van der Waals surface area (Å²) in [7, 11) is 0. The van der Waals surface area contributed by atoms with Crippen LogP contribution in [0.2, 0.25) is 0 Å². The lowest BCUT2D eigenvalue weighted by Crippen LogP contribution is -2.58. The Morgan fingerprint density at radius 3 is 2.68 bits per heavy atom. The van der Waals surface area contributed by atoms with E-state index in [1.807, 2.05) is 13.8 Å². The molecule has 3 fully saturated rings. The number of hydrogen-bond donors (Lipinski definition) is 2. The monoisotopic (exact) mass is 438 g/mol. The number of aliphatic hydroxyl groups excluding tert-OH is 1. The maximum Gasteiger partial charge on any atom is 0.312 e. The van der Waals surface area contributed by atoms with Gasteiger partial charge in [-0.05, 0) is 38.5 Å². The Balaban J connectivity index is 1.95. The van der Waals surface area contributed by atoms with E-state index in [0.717, 1.165) is 19.3 Å². The first-order valence-electron chi connectivity index (χ1n) is 11.9. The van der Waals surface area contributed by atoms with Crippen molar-refractivity contribution >= 4 is 17.8 Å². The van der Waals surface area contributed by atoms with Crippen LogP contribution in [0, 0.1) is 17.8 Å². The van der Waals surface area contributed by atoms with E-state index in [9.17, 15) is 19.5 Å². The zero-order valence-electron chi connectivity index (χ0n) is 19.3. The number of carbonyl (C=O) groups is 3. The van der Waals surface area contributed by atoms with Gasteiger partial charge in [-0.1, -0.05) is 33.6 Å². The molecule has 3 rings (SSSR count). The molecule has 8 nitrogen and oxygen atoms in total. The van der Waals surface area contributed by atoms with Crippen molar-refractivity contribution in [2.45, 2.75) is 90.0 Å². The molecule has 0 aromatic carbocycles. The molecule has 0 aromatic heterocycles. The second-order valence-electron chi connectivity index (χ2n) is 9.52. The molecule has 2 amide bonds. The van der Waals surface area contributed by atoms with Crippen LogP contribution < -0.4 is 5.32 Å². The van der Waals surface area contributed by atoms with Crippen molar-refractivity contribution in [3.63, 3.8) is 0 Å². The second kappa shape index (κ2) is 9.86. The molecule has 3 saturated heterocycles.